The lowest BCUT2D eigenvalue weighted by Gasteiger charge is -2.26. The first-order chi connectivity index (χ1) is 16.8. The van der Waals surface area contributed by atoms with Gasteiger partial charge in [0.25, 0.3) is 17.5 Å². The van der Waals surface area contributed by atoms with Crippen LogP contribution in [0.4, 0.5) is 5.69 Å². The van der Waals surface area contributed by atoms with E-state index in [4.69, 9.17) is 0 Å². The Morgan fingerprint density at radius 2 is 1.80 bits per heavy atom. The Labute approximate surface area is 200 Å². The molecule has 0 fully saturated rings. The molecule has 0 saturated carbocycles. The van der Waals surface area contributed by atoms with Gasteiger partial charge < -0.3 is 0 Å². The average Bonchev–Trinajstić information content (AvgIpc) is 3.29. The molecule has 1 aromatic heterocycles. The summed E-state index contributed by atoms with van der Waals surface area (Å²) in [6, 6.07) is 17.1. The van der Waals surface area contributed by atoms with Crippen LogP contribution in [-0.4, -0.2) is 38.0 Å². The van der Waals surface area contributed by atoms with Crippen molar-refractivity contribution in [3.05, 3.63) is 106 Å². The number of nitro benzene ring substituents is 1. The van der Waals surface area contributed by atoms with Gasteiger partial charge in [-0.15, -0.1) is 6.58 Å². The smallest absolute Gasteiger partial charge is 0.270 e. The van der Waals surface area contributed by atoms with E-state index in [1.807, 2.05) is 36.4 Å². The summed E-state index contributed by atoms with van der Waals surface area (Å²) >= 11 is 0. The van der Waals surface area contributed by atoms with E-state index < -0.39 is 16.7 Å². The summed E-state index contributed by atoms with van der Waals surface area (Å²) in [5, 5.41) is 25.3. The second kappa shape index (κ2) is 9.41. The second-order valence-electron chi connectivity index (χ2n) is 7.70. The van der Waals surface area contributed by atoms with Gasteiger partial charge in [-0.1, -0.05) is 24.3 Å². The van der Waals surface area contributed by atoms with Crippen LogP contribution in [-0.2, 0) is 9.59 Å². The van der Waals surface area contributed by atoms with Crippen LogP contribution in [0.15, 0.2) is 90.2 Å². The van der Waals surface area contributed by atoms with Crippen molar-refractivity contribution in [1.29, 1.82) is 5.26 Å². The van der Waals surface area contributed by atoms with Gasteiger partial charge in [0.05, 0.1) is 16.3 Å². The van der Waals surface area contributed by atoms with Gasteiger partial charge in [-0.05, 0) is 42.8 Å². The molecule has 0 bridgehead atoms. The Morgan fingerprint density at radius 3 is 2.40 bits per heavy atom. The molecular formula is C26H19N5O4. The number of aromatic nitrogens is 2. The molecule has 1 aliphatic heterocycles. The Morgan fingerprint density at radius 1 is 1.11 bits per heavy atom. The van der Waals surface area contributed by atoms with Gasteiger partial charge in [0.15, 0.2) is 0 Å². The maximum absolute atomic E-state index is 13.2. The number of carbonyl (C=O) groups is 2. The summed E-state index contributed by atoms with van der Waals surface area (Å²) in [5.74, 6) is -1.21. The van der Waals surface area contributed by atoms with Crippen molar-refractivity contribution in [2.24, 2.45) is 0 Å². The summed E-state index contributed by atoms with van der Waals surface area (Å²) in [4.78, 5) is 37.4. The molecule has 9 nitrogen and oxygen atoms in total. The SMILES string of the molecule is C=CCN1C(=O)C(C#N)=C(C)/C(=C\c2cn(-c3ccccc3)nc2-c2ccc([N+](=O)[O-])cc2)C1=O. The topological polar surface area (TPSA) is 122 Å². The summed E-state index contributed by atoms with van der Waals surface area (Å²) < 4.78 is 1.63. The van der Waals surface area contributed by atoms with Crippen LogP contribution in [0, 0.1) is 21.4 Å². The van der Waals surface area contributed by atoms with E-state index in [2.05, 4.69) is 11.7 Å². The van der Waals surface area contributed by atoms with E-state index in [1.165, 1.54) is 18.2 Å². The van der Waals surface area contributed by atoms with Gasteiger partial charge in [-0.3, -0.25) is 24.6 Å². The van der Waals surface area contributed by atoms with Crippen molar-refractivity contribution >= 4 is 23.6 Å². The first-order valence-electron chi connectivity index (χ1n) is 10.6. The number of non-ortho nitro benzene ring substituents is 1. The molecule has 35 heavy (non-hydrogen) atoms. The van der Waals surface area contributed by atoms with Gasteiger partial charge >= 0.3 is 0 Å². The number of amides is 2. The molecule has 0 spiro atoms. The summed E-state index contributed by atoms with van der Waals surface area (Å²) in [7, 11) is 0. The maximum Gasteiger partial charge on any atom is 0.271 e. The van der Waals surface area contributed by atoms with E-state index >= 15 is 0 Å². The minimum Gasteiger partial charge on any atom is -0.270 e. The zero-order chi connectivity index (χ0) is 25.1. The van der Waals surface area contributed by atoms with Crippen molar-refractivity contribution in [2.45, 2.75) is 6.92 Å². The monoisotopic (exact) mass is 465 g/mol. The minimum absolute atomic E-state index is 0.0358. The molecule has 2 heterocycles. The predicted octanol–water partition coefficient (Wildman–Crippen LogP) is 4.23. The summed E-state index contributed by atoms with van der Waals surface area (Å²) in [5.41, 5.74) is 2.65. The largest absolute Gasteiger partial charge is 0.271 e. The first kappa shape index (κ1) is 23.1. The fraction of sp³-hybridized carbons (Fsp3) is 0.0769. The van der Waals surface area contributed by atoms with Crippen molar-refractivity contribution in [3.8, 4) is 23.0 Å². The molecule has 9 heteroatoms. The molecule has 0 saturated heterocycles. The van der Waals surface area contributed by atoms with E-state index in [9.17, 15) is 25.0 Å². The normalized spacial score (nSPS) is 14.9. The standard InChI is InChI=1S/C26H19N5O4/c1-3-13-29-25(32)22(17(2)23(15-27)26(29)33)14-19-16-30(20-7-5-4-6-8-20)28-24(19)18-9-11-21(12-10-18)31(34)35/h3-12,14,16H,1,13H2,2H3/b22-14+. The second-order valence-corrected chi connectivity index (χ2v) is 7.70. The van der Waals surface area contributed by atoms with Crippen molar-refractivity contribution in [1.82, 2.24) is 14.7 Å². The van der Waals surface area contributed by atoms with Gasteiger partial charge in [0.2, 0.25) is 0 Å². The predicted molar refractivity (Wildman–Crippen MR) is 129 cm³/mol. The van der Waals surface area contributed by atoms with Crippen LogP contribution in [0.5, 0.6) is 0 Å². The van der Waals surface area contributed by atoms with Crippen LogP contribution in [0.1, 0.15) is 12.5 Å². The number of carbonyl (C=O) groups excluding carboxylic acids is 2. The number of imide groups is 1. The zero-order valence-electron chi connectivity index (χ0n) is 18.7. The third-order valence-electron chi connectivity index (χ3n) is 5.55. The molecule has 0 unspecified atom stereocenters. The molecule has 0 radical (unpaired) electrons. The fourth-order valence-corrected chi connectivity index (χ4v) is 3.75. The number of para-hydroxylation sites is 1. The quantitative estimate of drug-likeness (QED) is 0.177. The molecule has 172 valence electrons. The highest BCUT2D eigenvalue weighted by molar-refractivity contribution is 6.19. The highest BCUT2D eigenvalue weighted by Crippen LogP contribution is 2.31. The molecule has 1 aliphatic rings. The molecular weight excluding hydrogens is 446 g/mol. The Bertz CT molecular complexity index is 1460. The molecule has 2 amide bonds. The van der Waals surface area contributed by atoms with Gasteiger partial charge in [0, 0.05) is 41.6 Å². The number of nitriles is 1. The Balaban J connectivity index is 1.92. The molecule has 0 aliphatic carbocycles. The fourth-order valence-electron chi connectivity index (χ4n) is 3.75. The van der Waals surface area contributed by atoms with Crippen LogP contribution < -0.4 is 0 Å². The Hall–Kier alpha value is -5.10. The van der Waals surface area contributed by atoms with Crippen LogP contribution in [0.25, 0.3) is 23.0 Å². The number of rotatable bonds is 6. The first-order valence-corrected chi connectivity index (χ1v) is 10.6. The van der Waals surface area contributed by atoms with Crippen molar-refractivity contribution < 1.29 is 14.5 Å². The highest BCUT2D eigenvalue weighted by Gasteiger charge is 2.35. The molecule has 3 aromatic rings. The van der Waals surface area contributed by atoms with Gasteiger partial charge in [-0.2, -0.15) is 10.4 Å². The van der Waals surface area contributed by atoms with E-state index in [-0.39, 0.29) is 29.0 Å². The zero-order valence-corrected chi connectivity index (χ0v) is 18.7. The van der Waals surface area contributed by atoms with Gasteiger partial charge in [-0.25, -0.2) is 4.68 Å². The lowest BCUT2D eigenvalue weighted by molar-refractivity contribution is -0.384. The van der Waals surface area contributed by atoms with Crippen molar-refractivity contribution in [2.75, 3.05) is 6.54 Å². The van der Waals surface area contributed by atoms with E-state index in [1.54, 1.807) is 36.0 Å². The van der Waals surface area contributed by atoms with Crippen LogP contribution in [0.2, 0.25) is 0 Å². The maximum atomic E-state index is 13.2. The molecule has 0 atom stereocenters. The van der Waals surface area contributed by atoms with E-state index in [0.29, 0.717) is 16.8 Å². The summed E-state index contributed by atoms with van der Waals surface area (Å²) in [6.07, 6.45) is 4.72. The van der Waals surface area contributed by atoms with Crippen LogP contribution in [0.3, 0.4) is 0 Å². The molecule has 2 aromatic carbocycles. The van der Waals surface area contributed by atoms with Crippen LogP contribution >= 0.6 is 0 Å². The lowest BCUT2D eigenvalue weighted by Crippen LogP contribution is -2.42. The third-order valence-corrected chi connectivity index (χ3v) is 5.55. The summed E-state index contributed by atoms with van der Waals surface area (Å²) in [6.45, 7) is 5.11. The minimum atomic E-state index is -0.664. The third kappa shape index (κ3) is 4.28. The van der Waals surface area contributed by atoms with Gasteiger partial charge in [0.1, 0.15) is 11.6 Å². The molecule has 0 N–H and O–H groups in total. The van der Waals surface area contributed by atoms with E-state index in [0.717, 1.165) is 10.6 Å². The Kier molecular flexibility index (Phi) is 6.20. The lowest BCUT2D eigenvalue weighted by atomic mass is 9.93. The average molecular weight is 465 g/mol. The highest BCUT2D eigenvalue weighted by atomic mass is 16.6. The number of nitro groups is 1. The number of hydrogen-bond donors (Lipinski definition) is 0. The number of nitrogens with zero attached hydrogens (tertiary/aromatic N) is 5. The molecule has 4 rings (SSSR count). The number of hydrogen-bond acceptors (Lipinski definition) is 6. The number of benzene rings is 2. The van der Waals surface area contributed by atoms with Crippen molar-refractivity contribution in [3.63, 3.8) is 0 Å².